The molecule has 1 N–H and O–H groups in total. The number of hydrogen-bond donors (Lipinski definition) is 1. The first-order chi connectivity index (χ1) is 6.19. The van der Waals surface area contributed by atoms with Gasteiger partial charge in [0.25, 0.3) is 0 Å². The van der Waals surface area contributed by atoms with E-state index >= 15 is 0 Å². The third-order valence-electron chi connectivity index (χ3n) is 3.42. The Morgan fingerprint density at radius 3 is 2.54 bits per heavy atom. The van der Waals surface area contributed by atoms with Crippen molar-refractivity contribution in [3.63, 3.8) is 0 Å². The fourth-order valence-corrected chi connectivity index (χ4v) is 2.34. The minimum atomic E-state index is 0.202. The highest BCUT2D eigenvalue weighted by molar-refractivity contribution is 5.75. The molecular formula is C11H21NO. The fraction of sp³-hybridized carbons (Fsp3) is 0.909. The Balaban J connectivity index is 2.40. The average Bonchev–Trinajstić information content (AvgIpc) is 2.48. The molecule has 2 nitrogen and oxygen atoms in total. The summed E-state index contributed by atoms with van der Waals surface area (Å²) >= 11 is 0. The second-order valence-electron chi connectivity index (χ2n) is 4.13. The Kier molecular flexibility index (Phi) is 3.76. The normalized spacial score (nSPS) is 33.3. The van der Waals surface area contributed by atoms with E-state index in [2.05, 4.69) is 19.2 Å². The van der Waals surface area contributed by atoms with Gasteiger partial charge < -0.3 is 5.32 Å². The van der Waals surface area contributed by atoms with Crippen LogP contribution in [0.5, 0.6) is 0 Å². The van der Waals surface area contributed by atoms with Crippen LogP contribution in [0.2, 0.25) is 0 Å². The predicted octanol–water partition coefficient (Wildman–Crippen LogP) is 2.34. The number of amides is 1. The highest BCUT2D eigenvalue weighted by atomic mass is 16.1. The van der Waals surface area contributed by atoms with Gasteiger partial charge in [0.2, 0.25) is 5.91 Å². The lowest BCUT2D eigenvalue weighted by Gasteiger charge is -2.20. The maximum atomic E-state index is 11.2. The van der Waals surface area contributed by atoms with Crippen LogP contribution < -0.4 is 5.32 Å². The van der Waals surface area contributed by atoms with Crippen LogP contribution in [0.1, 0.15) is 46.5 Å². The SMILES string of the molecule is CCC(=O)NC1CCC(CC)C1C. The number of carbonyl (C=O) groups excluding carboxylic acids is 1. The van der Waals surface area contributed by atoms with Crippen LogP contribution in [0.15, 0.2) is 0 Å². The summed E-state index contributed by atoms with van der Waals surface area (Å²) in [6.07, 6.45) is 4.32. The van der Waals surface area contributed by atoms with Crippen molar-refractivity contribution in [3.05, 3.63) is 0 Å². The molecule has 0 spiro atoms. The van der Waals surface area contributed by atoms with Crippen molar-refractivity contribution >= 4 is 5.91 Å². The van der Waals surface area contributed by atoms with Crippen molar-refractivity contribution in [1.82, 2.24) is 5.32 Å². The van der Waals surface area contributed by atoms with Crippen molar-refractivity contribution in [1.29, 1.82) is 0 Å². The molecular weight excluding hydrogens is 162 g/mol. The highest BCUT2D eigenvalue weighted by Crippen LogP contribution is 2.33. The largest absolute Gasteiger partial charge is 0.353 e. The fourth-order valence-electron chi connectivity index (χ4n) is 2.34. The van der Waals surface area contributed by atoms with E-state index in [1.54, 1.807) is 0 Å². The van der Waals surface area contributed by atoms with Crippen LogP contribution in [-0.4, -0.2) is 11.9 Å². The van der Waals surface area contributed by atoms with Gasteiger partial charge in [-0.05, 0) is 24.7 Å². The molecule has 3 atom stereocenters. The van der Waals surface area contributed by atoms with E-state index in [1.165, 1.54) is 19.3 Å². The van der Waals surface area contributed by atoms with Crippen molar-refractivity contribution in [2.75, 3.05) is 0 Å². The minimum absolute atomic E-state index is 0.202. The summed E-state index contributed by atoms with van der Waals surface area (Å²) in [6.45, 7) is 6.42. The van der Waals surface area contributed by atoms with Crippen LogP contribution in [0.4, 0.5) is 0 Å². The summed E-state index contributed by atoms with van der Waals surface area (Å²) in [4.78, 5) is 11.2. The molecule has 1 fully saturated rings. The highest BCUT2D eigenvalue weighted by Gasteiger charge is 2.31. The van der Waals surface area contributed by atoms with Crippen molar-refractivity contribution in [2.24, 2.45) is 11.8 Å². The van der Waals surface area contributed by atoms with Crippen LogP contribution in [0, 0.1) is 11.8 Å². The van der Waals surface area contributed by atoms with Crippen LogP contribution in [0.3, 0.4) is 0 Å². The van der Waals surface area contributed by atoms with E-state index in [1.807, 2.05) is 6.92 Å². The van der Waals surface area contributed by atoms with E-state index in [9.17, 15) is 4.79 Å². The molecule has 2 heteroatoms. The molecule has 0 aromatic rings. The van der Waals surface area contributed by atoms with E-state index in [4.69, 9.17) is 0 Å². The third-order valence-corrected chi connectivity index (χ3v) is 3.42. The van der Waals surface area contributed by atoms with E-state index in [-0.39, 0.29) is 5.91 Å². The van der Waals surface area contributed by atoms with E-state index in [0.29, 0.717) is 18.4 Å². The third kappa shape index (κ3) is 2.45. The van der Waals surface area contributed by atoms with Crippen LogP contribution >= 0.6 is 0 Å². The Morgan fingerprint density at radius 1 is 1.38 bits per heavy atom. The lowest BCUT2D eigenvalue weighted by atomic mass is 9.93. The molecule has 1 aliphatic rings. The Hall–Kier alpha value is -0.530. The topological polar surface area (TPSA) is 29.1 Å². The molecule has 0 heterocycles. The van der Waals surface area contributed by atoms with Crippen molar-refractivity contribution < 1.29 is 4.79 Å². The summed E-state index contributed by atoms with van der Waals surface area (Å²) in [5, 5.41) is 3.10. The lowest BCUT2D eigenvalue weighted by Crippen LogP contribution is -2.37. The van der Waals surface area contributed by atoms with Gasteiger partial charge in [-0.15, -0.1) is 0 Å². The average molecular weight is 183 g/mol. The maximum Gasteiger partial charge on any atom is 0.219 e. The molecule has 13 heavy (non-hydrogen) atoms. The number of carbonyl (C=O) groups is 1. The number of hydrogen-bond acceptors (Lipinski definition) is 1. The molecule has 1 rings (SSSR count). The minimum Gasteiger partial charge on any atom is -0.353 e. The molecule has 1 saturated carbocycles. The predicted molar refractivity (Wildman–Crippen MR) is 54.4 cm³/mol. The molecule has 0 saturated heterocycles. The summed E-state index contributed by atoms with van der Waals surface area (Å²) in [7, 11) is 0. The molecule has 0 aliphatic heterocycles. The first kappa shape index (κ1) is 10.6. The monoisotopic (exact) mass is 183 g/mol. The van der Waals surface area contributed by atoms with Gasteiger partial charge in [0.15, 0.2) is 0 Å². The molecule has 0 bridgehead atoms. The Labute approximate surface area is 81.1 Å². The van der Waals surface area contributed by atoms with Crippen LogP contribution in [-0.2, 0) is 4.79 Å². The zero-order valence-electron chi connectivity index (χ0n) is 8.97. The molecule has 76 valence electrons. The Morgan fingerprint density at radius 2 is 2.08 bits per heavy atom. The quantitative estimate of drug-likeness (QED) is 0.715. The second-order valence-corrected chi connectivity index (χ2v) is 4.13. The maximum absolute atomic E-state index is 11.2. The molecule has 1 amide bonds. The van der Waals surface area contributed by atoms with Crippen LogP contribution in [0.25, 0.3) is 0 Å². The summed E-state index contributed by atoms with van der Waals surface area (Å²) < 4.78 is 0. The summed E-state index contributed by atoms with van der Waals surface area (Å²) in [5.74, 6) is 1.69. The van der Waals surface area contributed by atoms with Gasteiger partial charge in [0, 0.05) is 12.5 Å². The standard InChI is InChI=1S/C11H21NO/c1-4-9-6-7-10(8(9)3)12-11(13)5-2/h8-10H,4-7H2,1-3H3,(H,12,13). The lowest BCUT2D eigenvalue weighted by molar-refractivity contribution is -0.121. The molecule has 3 unspecified atom stereocenters. The summed E-state index contributed by atoms with van der Waals surface area (Å²) in [5.41, 5.74) is 0. The van der Waals surface area contributed by atoms with Crippen molar-refractivity contribution in [3.8, 4) is 0 Å². The molecule has 0 radical (unpaired) electrons. The smallest absolute Gasteiger partial charge is 0.219 e. The van der Waals surface area contributed by atoms with Gasteiger partial charge in [-0.3, -0.25) is 4.79 Å². The first-order valence-electron chi connectivity index (χ1n) is 5.48. The number of nitrogens with one attached hydrogen (secondary N) is 1. The van der Waals surface area contributed by atoms with Crippen molar-refractivity contribution in [2.45, 2.75) is 52.5 Å². The van der Waals surface area contributed by atoms with Gasteiger partial charge in [-0.25, -0.2) is 0 Å². The van der Waals surface area contributed by atoms with Gasteiger partial charge in [0.1, 0.15) is 0 Å². The Bertz CT molecular complexity index is 179. The molecule has 1 aliphatic carbocycles. The number of rotatable bonds is 3. The molecule has 0 aromatic carbocycles. The van der Waals surface area contributed by atoms with E-state index < -0.39 is 0 Å². The zero-order valence-corrected chi connectivity index (χ0v) is 8.97. The summed E-state index contributed by atoms with van der Waals surface area (Å²) in [6, 6.07) is 0.442. The second kappa shape index (κ2) is 4.64. The van der Waals surface area contributed by atoms with Gasteiger partial charge in [0.05, 0.1) is 0 Å². The van der Waals surface area contributed by atoms with E-state index in [0.717, 1.165) is 5.92 Å². The first-order valence-corrected chi connectivity index (χ1v) is 5.48. The van der Waals surface area contributed by atoms with Gasteiger partial charge in [-0.1, -0.05) is 27.2 Å². The molecule has 0 aromatic heterocycles. The zero-order chi connectivity index (χ0) is 9.84. The van der Waals surface area contributed by atoms with Gasteiger partial charge >= 0.3 is 0 Å². The van der Waals surface area contributed by atoms with Gasteiger partial charge in [-0.2, -0.15) is 0 Å².